The van der Waals surface area contributed by atoms with Gasteiger partial charge in [-0.25, -0.2) is 4.39 Å². The van der Waals surface area contributed by atoms with Gasteiger partial charge in [0.1, 0.15) is 36.0 Å². The first kappa shape index (κ1) is 17.8. The van der Waals surface area contributed by atoms with Crippen molar-refractivity contribution >= 4 is 6.08 Å². The highest BCUT2D eigenvalue weighted by Crippen LogP contribution is 2.24. The van der Waals surface area contributed by atoms with Crippen molar-refractivity contribution in [3.8, 4) is 5.75 Å². The van der Waals surface area contributed by atoms with E-state index in [1.807, 2.05) is 0 Å². The van der Waals surface area contributed by atoms with Crippen LogP contribution in [0.2, 0.25) is 0 Å². The molecule has 0 spiro atoms. The monoisotopic (exact) mass is 330 g/mol. The lowest BCUT2D eigenvalue weighted by Crippen LogP contribution is -2.60. The fraction of sp³-hybridized carbons (Fsp3) is 0.467. The highest BCUT2D eigenvalue weighted by molar-refractivity contribution is 5.52. The van der Waals surface area contributed by atoms with Gasteiger partial charge in [-0.05, 0) is 23.8 Å². The minimum Gasteiger partial charge on any atom is -0.462 e. The van der Waals surface area contributed by atoms with Gasteiger partial charge in [-0.1, -0.05) is 12.1 Å². The minimum atomic E-state index is -1.52. The molecule has 1 aromatic carbocycles. The van der Waals surface area contributed by atoms with Crippen LogP contribution in [0.5, 0.6) is 5.75 Å². The summed E-state index contributed by atoms with van der Waals surface area (Å²) in [6.45, 7) is -1.24. The third-order valence-electron chi connectivity index (χ3n) is 3.46. The molecule has 0 saturated carbocycles. The Morgan fingerprint density at radius 2 is 1.74 bits per heavy atom. The van der Waals surface area contributed by atoms with Gasteiger partial charge in [-0.2, -0.15) is 0 Å². The summed E-state index contributed by atoms with van der Waals surface area (Å²) in [5, 5.41) is 46.9. The third kappa shape index (κ3) is 4.25. The van der Waals surface area contributed by atoms with Crippen LogP contribution in [0.1, 0.15) is 5.56 Å². The third-order valence-corrected chi connectivity index (χ3v) is 3.46. The lowest BCUT2D eigenvalue weighted by atomic mass is 9.99. The van der Waals surface area contributed by atoms with Gasteiger partial charge in [0.25, 0.3) is 0 Å². The van der Waals surface area contributed by atoms with Gasteiger partial charge in [-0.3, -0.25) is 0 Å². The molecule has 128 valence electrons. The van der Waals surface area contributed by atoms with Crippen molar-refractivity contribution < 1.29 is 39.4 Å². The van der Waals surface area contributed by atoms with Gasteiger partial charge < -0.3 is 35.0 Å². The van der Waals surface area contributed by atoms with Crippen LogP contribution in [0.3, 0.4) is 0 Å². The zero-order valence-corrected chi connectivity index (χ0v) is 12.1. The molecule has 0 aliphatic carbocycles. The Morgan fingerprint density at radius 1 is 1.09 bits per heavy atom. The average molecular weight is 330 g/mol. The number of benzene rings is 1. The van der Waals surface area contributed by atoms with Crippen LogP contribution in [0.15, 0.2) is 30.1 Å². The number of aliphatic hydroxyl groups is 5. The van der Waals surface area contributed by atoms with E-state index < -0.39 is 49.7 Å². The van der Waals surface area contributed by atoms with Crippen LogP contribution >= 0.6 is 0 Å². The molecule has 5 N–H and O–H groups in total. The number of ether oxygens (including phenoxy) is 2. The molecular weight excluding hydrogens is 311 g/mol. The highest BCUT2D eigenvalue weighted by Gasteiger charge is 2.44. The highest BCUT2D eigenvalue weighted by atomic mass is 19.1. The fourth-order valence-corrected chi connectivity index (χ4v) is 2.17. The van der Waals surface area contributed by atoms with E-state index in [9.17, 15) is 19.7 Å². The van der Waals surface area contributed by atoms with Gasteiger partial charge in [0.2, 0.25) is 6.29 Å². The predicted octanol–water partition coefficient (Wildman–Crippen LogP) is -0.832. The number of halogens is 1. The number of hydrogen-bond acceptors (Lipinski definition) is 7. The summed E-state index contributed by atoms with van der Waals surface area (Å²) >= 11 is 0. The Balaban J connectivity index is 2.06. The van der Waals surface area contributed by atoms with E-state index in [0.29, 0.717) is 5.56 Å². The van der Waals surface area contributed by atoms with Gasteiger partial charge >= 0.3 is 0 Å². The fourth-order valence-electron chi connectivity index (χ4n) is 2.17. The van der Waals surface area contributed by atoms with Crippen molar-refractivity contribution in [3.05, 3.63) is 35.7 Å². The molecule has 0 aromatic heterocycles. The molecule has 8 heteroatoms. The molecule has 2 rings (SSSR count). The van der Waals surface area contributed by atoms with E-state index in [1.165, 1.54) is 24.3 Å². The number of rotatable bonds is 5. The quantitative estimate of drug-likeness (QED) is 0.478. The molecule has 0 radical (unpaired) electrons. The summed E-state index contributed by atoms with van der Waals surface area (Å²) in [6, 6.07) is 6.01. The Kier molecular flexibility index (Phi) is 6.05. The Morgan fingerprint density at radius 3 is 2.30 bits per heavy atom. The van der Waals surface area contributed by atoms with Gasteiger partial charge in [0.15, 0.2) is 0 Å². The Bertz CT molecular complexity index is 531. The van der Waals surface area contributed by atoms with Crippen LogP contribution in [-0.2, 0) is 4.74 Å². The smallest absolute Gasteiger partial charge is 0.229 e. The molecule has 1 heterocycles. The summed E-state index contributed by atoms with van der Waals surface area (Å²) in [7, 11) is 0. The van der Waals surface area contributed by atoms with E-state index in [2.05, 4.69) is 0 Å². The SMILES string of the molecule is OC/C(F)=C/c1ccc(O[C@@H]2O[C@H](CO)[C@@H](O)[C@H](O)[C@H]2O)cc1. The summed E-state index contributed by atoms with van der Waals surface area (Å²) < 4.78 is 23.6. The van der Waals surface area contributed by atoms with E-state index in [0.717, 1.165) is 6.08 Å². The van der Waals surface area contributed by atoms with Crippen LogP contribution in [0.25, 0.3) is 6.08 Å². The second kappa shape index (κ2) is 7.82. The molecule has 23 heavy (non-hydrogen) atoms. The molecule has 0 amide bonds. The van der Waals surface area contributed by atoms with Crippen molar-refractivity contribution in [3.63, 3.8) is 0 Å². The molecule has 5 atom stereocenters. The standard InChI is InChI=1S/C15H19FO7/c16-9(6-17)5-8-1-3-10(4-2-8)22-15-14(21)13(20)12(19)11(7-18)23-15/h1-5,11-15,17-21H,6-7H2/b9-5-/t11-,12-,13+,14-,15-/m1/s1. The van der Waals surface area contributed by atoms with E-state index >= 15 is 0 Å². The van der Waals surface area contributed by atoms with Gasteiger partial charge in [-0.15, -0.1) is 0 Å². The van der Waals surface area contributed by atoms with Gasteiger partial charge in [0, 0.05) is 0 Å². The molecule has 1 fully saturated rings. The lowest BCUT2D eigenvalue weighted by molar-refractivity contribution is -0.277. The van der Waals surface area contributed by atoms with E-state index in [1.54, 1.807) is 0 Å². The first-order chi connectivity index (χ1) is 11.0. The molecule has 1 aromatic rings. The Hall–Kier alpha value is -1.55. The lowest BCUT2D eigenvalue weighted by Gasteiger charge is -2.39. The molecule has 1 saturated heterocycles. The van der Waals surface area contributed by atoms with Crippen LogP contribution in [0.4, 0.5) is 4.39 Å². The first-order valence-corrected chi connectivity index (χ1v) is 7.00. The second-order valence-electron chi connectivity index (χ2n) is 5.13. The van der Waals surface area contributed by atoms with Crippen LogP contribution < -0.4 is 4.74 Å². The van der Waals surface area contributed by atoms with E-state index in [4.69, 9.17) is 19.7 Å². The van der Waals surface area contributed by atoms with Crippen molar-refractivity contribution in [1.82, 2.24) is 0 Å². The number of hydrogen-bond donors (Lipinski definition) is 5. The summed E-state index contributed by atoms with van der Waals surface area (Å²) in [5.74, 6) is -0.413. The predicted molar refractivity (Wildman–Crippen MR) is 77.0 cm³/mol. The zero-order chi connectivity index (χ0) is 17.0. The van der Waals surface area contributed by atoms with Crippen LogP contribution in [-0.4, -0.2) is 69.5 Å². The topological polar surface area (TPSA) is 120 Å². The van der Waals surface area contributed by atoms with E-state index in [-0.39, 0.29) is 5.75 Å². The molecule has 1 aliphatic rings. The average Bonchev–Trinajstić information content (AvgIpc) is 2.56. The zero-order valence-electron chi connectivity index (χ0n) is 12.1. The molecule has 0 bridgehead atoms. The number of aliphatic hydroxyl groups excluding tert-OH is 5. The maximum atomic E-state index is 13.0. The van der Waals surface area contributed by atoms with Crippen molar-refractivity contribution in [1.29, 1.82) is 0 Å². The summed E-state index contributed by atoms with van der Waals surface area (Å²) in [6.07, 6.45) is -5.66. The largest absolute Gasteiger partial charge is 0.462 e. The second-order valence-corrected chi connectivity index (χ2v) is 5.13. The summed E-state index contributed by atoms with van der Waals surface area (Å²) in [4.78, 5) is 0. The van der Waals surface area contributed by atoms with Crippen molar-refractivity contribution in [2.45, 2.75) is 30.7 Å². The van der Waals surface area contributed by atoms with Crippen molar-refractivity contribution in [2.75, 3.05) is 13.2 Å². The van der Waals surface area contributed by atoms with Crippen LogP contribution in [0, 0.1) is 0 Å². The van der Waals surface area contributed by atoms with Gasteiger partial charge in [0.05, 0.1) is 13.2 Å². The maximum absolute atomic E-state index is 13.0. The Labute approximate surface area is 131 Å². The maximum Gasteiger partial charge on any atom is 0.229 e. The first-order valence-electron chi connectivity index (χ1n) is 7.00. The normalized spacial score (nSPS) is 31.9. The van der Waals surface area contributed by atoms with Crippen molar-refractivity contribution in [2.24, 2.45) is 0 Å². The molecular formula is C15H19FO7. The molecule has 7 nitrogen and oxygen atoms in total. The molecule has 1 aliphatic heterocycles. The summed E-state index contributed by atoms with van der Waals surface area (Å²) in [5.41, 5.74) is 0.498. The molecule has 0 unspecified atom stereocenters. The minimum absolute atomic E-state index is 0.274.